The molecule has 0 spiro atoms. The summed E-state index contributed by atoms with van der Waals surface area (Å²) in [5.74, 6) is 4.92. The molecule has 72 valence electrons. The first-order chi connectivity index (χ1) is 5.98. The van der Waals surface area contributed by atoms with Crippen molar-refractivity contribution in [1.29, 1.82) is 0 Å². The van der Waals surface area contributed by atoms with Crippen LogP contribution in [0.3, 0.4) is 0 Å². The van der Waals surface area contributed by atoms with Crippen LogP contribution in [0.25, 0.3) is 0 Å². The molecule has 0 aliphatic heterocycles. The Morgan fingerprint density at radius 2 is 2.31 bits per heavy atom. The van der Waals surface area contributed by atoms with Crippen LogP contribution in [-0.2, 0) is 10.2 Å². The fourth-order valence-electron chi connectivity index (χ4n) is 0.933. The fraction of sp³-hybridized carbons (Fsp3) is 0.375. The summed E-state index contributed by atoms with van der Waals surface area (Å²) in [5, 5.41) is 1.95. The molecule has 1 aromatic rings. The monoisotopic (exact) mass is 262 g/mol. The quantitative estimate of drug-likeness (QED) is 0.485. The van der Waals surface area contributed by atoms with Gasteiger partial charge in [0.2, 0.25) is 5.91 Å². The number of carbonyl (C=O) groups excluding carboxylic acids is 1. The Kier molecular flexibility index (Phi) is 3.10. The number of hydrogen-bond acceptors (Lipinski definition) is 3. The molecule has 0 aromatic carbocycles. The highest BCUT2D eigenvalue weighted by atomic mass is 79.9. The largest absolute Gasteiger partial charge is 0.293 e. The lowest BCUT2D eigenvalue weighted by atomic mass is 9.91. The molecule has 0 aliphatic rings. The van der Waals surface area contributed by atoms with Crippen molar-refractivity contribution < 1.29 is 4.79 Å². The lowest BCUT2D eigenvalue weighted by Gasteiger charge is -2.20. The number of nitrogens with one attached hydrogen (secondary N) is 1. The Morgan fingerprint density at radius 3 is 2.69 bits per heavy atom. The molecule has 0 bridgehead atoms. The molecule has 5 heteroatoms. The van der Waals surface area contributed by atoms with Gasteiger partial charge in [-0.2, -0.15) is 0 Å². The maximum atomic E-state index is 11.4. The van der Waals surface area contributed by atoms with Crippen LogP contribution in [0, 0.1) is 0 Å². The minimum Gasteiger partial charge on any atom is -0.293 e. The van der Waals surface area contributed by atoms with Gasteiger partial charge in [0.1, 0.15) is 0 Å². The van der Waals surface area contributed by atoms with Crippen LogP contribution in [0.15, 0.2) is 15.9 Å². The topological polar surface area (TPSA) is 55.1 Å². The Morgan fingerprint density at radius 1 is 1.69 bits per heavy atom. The molecule has 0 unspecified atom stereocenters. The molecular weight excluding hydrogens is 252 g/mol. The standard InChI is InChI=1S/C8H11BrN2OS/c1-8(2,7(12)11-10)6-3-5(9)4-13-6/h3-4H,10H2,1-2H3,(H,11,12). The molecule has 0 radical (unpaired) electrons. The molecule has 0 fully saturated rings. The van der Waals surface area contributed by atoms with Gasteiger partial charge in [-0.05, 0) is 35.8 Å². The van der Waals surface area contributed by atoms with E-state index in [0.29, 0.717) is 0 Å². The smallest absolute Gasteiger partial charge is 0.244 e. The second kappa shape index (κ2) is 3.77. The summed E-state index contributed by atoms with van der Waals surface area (Å²) in [6.07, 6.45) is 0. The second-order valence-corrected chi connectivity index (χ2v) is 5.05. The number of amides is 1. The van der Waals surface area contributed by atoms with Gasteiger partial charge in [-0.25, -0.2) is 5.84 Å². The van der Waals surface area contributed by atoms with Gasteiger partial charge >= 0.3 is 0 Å². The van der Waals surface area contributed by atoms with Gasteiger partial charge < -0.3 is 0 Å². The third kappa shape index (κ3) is 2.10. The molecule has 0 saturated heterocycles. The van der Waals surface area contributed by atoms with Crippen molar-refractivity contribution in [3.8, 4) is 0 Å². The molecule has 13 heavy (non-hydrogen) atoms. The number of nitrogens with two attached hydrogens (primary N) is 1. The average Bonchev–Trinajstić information content (AvgIpc) is 2.50. The van der Waals surface area contributed by atoms with Gasteiger partial charge in [0.15, 0.2) is 0 Å². The lowest BCUT2D eigenvalue weighted by Crippen LogP contribution is -2.43. The number of hydrazine groups is 1. The molecule has 0 atom stereocenters. The van der Waals surface area contributed by atoms with Gasteiger partial charge in [0, 0.05) is 14.7 Å². The highest BCUT2D eigenvalue weighted by molar-refractivity contribution is 9.10. The van der Waals surface area contributed by atoms with Crippen LogP contribution in [-0.4, -0.2) is 5.91 Å². The van der Waals surface area contributed by atoms with Gasteiger partial charge in [0.25, 0.3) is 0 Å². The van der Waals surface area contributed by atoms with Crippen molar-refractivity contribution in [3.05, 3.63) is 20.8 Å². The van der Waals surface area contributed by atoms with Gasteiger partial charge in [0.05, 0.1) is 5.41 Å². The van der Waals surface area contributed by atoms with E-state index in [1.807, 2.05) is 25.3 Å². The van der Waals surface area contributed by atoms with Crippen molar-refractivity contribution in [2.24, 2.45) is 5.84 Å². The Labute approximate surface area is 89.4 Å². The molecule has 0 aliphatic carbocycles. The summed E-state index contributed by atoms with van der Waals surface area (Å²) >= 11 is 4.88. The van der Waals surface area contributed by atoms with Crippen LogP contribution in [0.1, 0.15) is 18.7 Å². The highest BCUT2D eigenvalue weighted by Gasteiger charge is 2.30. The minimum atomic E-state index is -0.564. The van der Waals surface area contributed by atoms with E-state index in [1.54, 1.807) is 0 Å². The average molecular weight is 263 g/mol. The number of hydrogen-bond donors (Lipinski definition) is 2. The van der Waals surface area contributed by atoms with Crippen molar-refractivity contribution in [2.75, 3.05) is 0 Å². The molecule has 1 amide bonds. The lowest BCUT2D eigenvalue weighted by molar-refractivity contribution is -0.125. The van der Waals surface area contributed by atoms with Crippen molar-refractivity contribution in [1.82, 2.24) is 5.43 Å². The molecule has 3 nitrogen and oxygen atoms in total. The molecule has 1 aromatic heterocycles. The number of carbonyl (C=O) groups is 1. The number of halogens is 1. The predicted octanol–water partition coefficient (Wildman–Crippen LogP) is 1.78. The zero-order valence-electron chi connectivity index (χ0n) is 7.43. The van der Waals surface area contributed by atoms with Crippen LogP contribution in [0.2, 0.25) is 0 Å². The van der Waals surface area contributed by atoms with E-state index in [9.17, 15) is 4.79 Å². The summed E-state index contributed by atoms with van der Waals surface area (Å²) in [4.78, 5) is 12.4. The first kappa shape index (κ1) is 10.7. The van der Waals surface area contributed by atoms with Crippen LogP contribution in [0.5, 0.6) is 0 Å². The summed E-state index contributed by atoms with van der Waals surface area (Å²) in [6.45, 7) is 3.68. The maximum absolute atomic E-state index is 11.4. The van der Waals surface area contributed by atoms with Crippen LogP contribution in [0.4, 0.5) is 0 Å². The van der Waals surface area contributed by atoms with Crippen molar-refractivity contribution >= 4 is 33.2 Å². The van der Waals surface area contributed by atoms with Gasteiger partial charge in [-0.1, -0.05) is 0 Å². The molecule has 3 N–H and O–H groups in total. The van der Waals surface area contributed by atoms with Crippen LogP contribution >= 0.6 is 27.3 Å². The normalized spacial score (nSPS) is 11.4. The first-order valence-electron chi connectivity index (χ1n) is 3.74. The molecule has 0 saturated carbocycles. The van der Waals surface area contributed by atoms with Gasteiger partial charge in [-0.15, -0.1) is 11.3 Å². The Bertz CT molecular complexity index is 322. The molecular formula is C8H11BrN2OS. The van der Waals surface area contributed by atoms with Crippen molar-refractivity contribution in [3.63, 3.8) is 0 Å². The minimum absolute atomic E-state index is 0.179. The number of rotatable bonds is 2. The second-order valence-electron chi connectivity index (χ2n) is 3.23. The maximum Gasteiger partial charge on any atom is 0.244 e. The highest BCUT2D eigenvalue weighted by Crippen LogP contribution is 2.31. The van der Waals surface area contributed by atoms with E-state index in [2.05, 4.69) is 21.4 Å². The number of thiophene rings is 1. The Balaban J connectivity index is 2.99. The predicted molar refractivity (Wildman–Crippen MR) is 57.4 cm³/mol. The Hall–Kier alpha value is -0.390. The van der Waals surface area contributed by atoms with E-state index >= 15 is 0 Å². The third-order valence-electron chi connectivity index (χ3n) is 1.88. The van der Waals surface area contributed by atoms with E-state index < -0.39 is 5.41 Å². The summed E-state index contributed by atoms with van der Waals surface area (Å²) in [7, 11) is 0. The SMILES string of the molecule is CC(C)(C(=O)NN)c1cc(Br)cs1. The van der Waals surface area contributed by atoms with E-state index in [1.165, 1.54) is 11.3 Å². The summed E-state index contributed by atoms with van der Waals surface area (Å²) < 4.78 is 0.991. The first-order valence-corrected chi connectivity index (χ1v) is 5.41. The van der Waals surface area contributed by atoms with Crippen molar-refractivity contribution in [2.45, 2.75) is 19.3 Å². The zero-order chi connectivity index (χ0) is 10.1. The summed E-state index contributed by atoms with van der Waals surface area (Å²) in [5.41, 5.74) is 1.60. The fourth-order valence-corrected chi connectivity index (χ4v) is 2.48. The summed E-state index contributed by atoms with van der Waals surface area (Å²) in [6, 6.07) is 1.93. The molecule has 1 rings (SSSR count). The van der Waals surface area contributed by atoms with Gasteiger partial charge in [-0.3, -0.25) is 10.2 Å². The molecule has 1 heterocycles. The van der Waals surface area contributed by atoms with E-state index in [-0.39, 0.29) is 5.91 Å². The third-order valence-corrected chi connectivity index (χ3v) is 3.90. The van der Waals surface area contributed by atoms with Crippen LogP contribution < -0.4 is 11.3 Å². The zero-order valence-corrected chi connectivity index (χ0v) is 9.83. The van der Waals surface area contributed by atoms with E-state index in [4.69, 9.17) is 5.84 Å². The van der Waals surface area contributed by atoms with E-state index in [0.717, 1.165) is 9.35 Å².